The van der Waals surface area contributed by atoms with E-state index in [2.05, 4.69) is 20.8 Å². The quantitative estimate of drug-likeness (QED) is 0.869. The maximum Gasteiger partial charge on any atom is 0.445 e. The number of amides is 2. The number of aromatic nitrogens is 2. The van der Waals surface area contributed by atoms with Crippen LogP contribution in [-0.2, 0) is 6.18 Å². The van der Waals surface area contributed by atoms with Gasteiger partial charge in [0.05, 0.1) is 19.9 Å². The van der Waals surface area contributed by atoms with E-state index in [9.17, 15) is 18.0 Å². The van der Waals surface area contributed by atoms with E-state index in [1.165, 1.54) is 14.2 Å². The minimum Gasteiger partial charge on any atom is -0.496 e. The van der Waals surface area contributed by atoms with Crippen molar-refractivity contribution in [2.24, 2.45) is 0 Å². The number of rotatable bonds is 4. The first-order valence-corrected chi connectivity index (χ1v) is 7.27. The second-order valence-electron chi connectivity index (χ2n) is 4.51. The highest BCUT2D eigenvalue weighted by Gasteiger charge is 2.35. The van der Waals surface area contributed by atoms with Gasteiger partial charge in [0.25, 0.3) is 0 Å². The van der Waals surface area contributed by atoms with E-state index in [-0.39, 0.29) is 16.5 Å². The number of benzene rings is 1. The molecule has 0 saturated carbocycles. The van der Waals surface area contributed by atoms with Gasteiger partial charge in [0.2, 0.25) is 10.1 Å². The summed E-state index contributed by atoms with van der Waals surface area (Å²) < 4.78 is 47.6. The zero-order valence-corrected chi connectivity index (χ0v) is 13.6. The summed E-state index contributed by atoms with van der Waals surface area (Å²) in [6.07, 6.45) is -4.61. The van der Waals surface area contributed by atoms with E-state index in [1.54, 1.807) is 19.1 Å². The smallest absolute Gasteiger partial charge is 0.445 e. The molecule has 24 heavy (non-hydrogen) atoms. The van der Waals surface area contributed by atoms with Gasteiger partial charge < -0.3 is 14.8 Å². The minimum atomic E-state index is -4.61. The molecule has 2 rings (SSSR count). The predicted octanol–water partition coefficient (Wildman–Crippen LogP) is 3.53. The van der Waals surface area contributed by atoms with Gasteiger partial charge in [-0.25, -0.2) is 4.79 Å². The Morgan fingerprint density at radius 2 is 1.79 bits per heavy atom. The first kappa shape index (κ1) is 17.8. The molecule has 2 aromatic rings. The van der Waals surface area contributed by atoms with Crippen molar-refractivity contribution >= 4 is 28.2 Å². The molecule has 130 valence electrons. The fourth-order valence-electron chi connectivity index (χ4n) is 1.79. The molecule has 1 heterocycles. The predicted molar refractivity (Wildman–Crippen MR) is 81.8 cm³/mol. The number of carbonyl (C=O) groups excluding carboxylic acids is 1. The summed E-state index contributed by atoms with van der Waals surface area (Å²) >= 11 is 0.227. The van der Waals surface area contributed by atoms with E-state index in [0.717, 1.165) is 5.56 Å². The molecule has 0 fully saturated rings. The van der Waals surface area contributed by atoms with E-state index < -0.39 is 17.2 Å². The van der Waals surface area contributed by atoms with Crippen LogP contribution in [0.2, 0.25) is 0 Å². The van der Waals surface area contributed by atoms with Crippen LogP contribution in [0.25, 0.3) is 0 Å². The maximum absolute atomic E-state index is 12.5. The molecular formula is C13H13F3N4O3S. The Balaban J connectivity index is 2.12. The third-order valence-corrected chi connectivity index (χ3v) is 3.74. The molecule has 0 spiro atoms. The second kappa shape index (κ2) is 6.91. The zero-order valence-electron chi connectivity index (χ0n) is 12.8. The Morgan fingerprint density at radius 1 is 1.12 bits per heavy atom. The van der Waals surface area contributed by atoms with Crippen LogP contribution < -0.4 is 20.1 Å². The molecule has 11 heteroatoms. The van der Waals surface area contributed by atoms with Crippen LogP contribution >= 0.6 is 11.3 Å². The van der Waals surface area contributed by atoms with Gasteiger partial charge in [-0.1, -0.05) is 11.3 Å². The number of urea groups is 1. The van der Waals surface area contributed by atoms with Gasteiger partial charge in [0.15, 0.2) is 0 Å². The summed E-state index contributed by atoms with van der Waals surface area (Å²) in [6, 6.07) is 2.42. The van der Waals surface area contributed by atoms with E-state index in [1.807, 2.05) is 0 Å². The summed E-state index contributed by atoms with van der Waals surface area (Å²) in [5.41, 5.74) is 1.07. The average molecular weight is 362 g/mol. The van der Waals surface area contributed by atoms with Gasteiger partial charge in [0, 0.05) is 6.07 Å². The molecule has 0 saturated heterocycles. The lowest BCUT2D eigenvalue weighted by Crippen LogP contribution is -2.19. The molecule has 0 aliphatic heterocycles. The van der Waals surface area contributed by atoms with Gasteiger partial charge in [-0.15, -0.1) is 10.2 Å². The highest BCUT2D eigenvalue weighted by Crippen LogP contribution is 2.34. The number of ether oxygens (including phenoxy) is 2. The molecule has 1 aromatic heterocycles. The number of hydrogen-bond acceptors (Lipinski definition) is 6. The molecule has 0 radical (unpaired) electrons. The zero-order chi connectivity index (χ0) is 17.9. The molecular weight excluding hydrogens is 349 g/mol. The summed E-state index contributed by atoms with van der Waals surface area (Å²) in [5, 5.41) is 9.51. The van der Waals surface area contributed by atoms with Crippen molar-refractivity contribution in [1.82, 2.24) is 10.2 Å². The van der Waals surface area contributed by atoms with Crippen molar-refractivity contribution in [2.75, 3.05) is 24.9 Å². The Labute approximate surface area is 138 Å². The number of carbonyl (C=O) groups is 1. The summed E-state index contributed by atoms with van der Waals surface area (Å²) in [7, 11) is 2.91. The van der Waals surface area contributed by atoms with Crippen LogP contribution in [0.5, 0.6) is 11.5 Å². The van der Waals surface area contributed by atoms with Crippen molar-refractivity contribution in [3.8, 4) is 11.5 Å². The van der Waals surface area contributed by atoms with Gasteiger partial charge >= 0.3 is 12.2 Å². The van der Waals surface area contributed by atoms with E-state index in [4.69, 9.17) is 9.47 Å². The van der Waals surface area contributed by atoms with Crippen molar-refractivity contribution in [1.29, 1.82) is 0 Å². The van der Waals surface area contributed by atoms with E-state index >= 15 is 0 Å². The summed E-state index contributed by atoms with van der Waals surface area (Å²) in [5.74, 6) is 0.901. The number of aryl methyl sites for hydroxylation is 1. The van der Waals surface area contributed by atoms with Crippen LogP contribution in [0.1, 0.15) is 10.6 Å². The van der Waals surface area contributed by atoms with E-state index in [0.29, 0.717) is 17.2 Å². The highest BCUT2D eigenvalue weighted by molar-refractivity contribution is 7.15. The normalized spacial score (nSPS) is 11.1. The van der Waals surface area contributed by atoms with Gasteiger partial charge in [-0.05, 0) is 18.6 Å². The number of nitrogens with one attached hydrogen (secondary N) is 2. The van der Waals surface area contributed by atoms with Crippen LogP contribution in [-0.4, -0.2) is 30.4 Å². The summed E-state index contributed by atoms with van der Waals surface area (Å²) in [6.45, 7) is 1.77. The molecule has 0 aliphatic rings. The molecule has 0 atom stereocenters. The molecule has 1 aromatic carbocycles. The third kappa shape index (κ3) is 4.04. The monoisotopic (exact) mass is 362 g/mol. The first-order valence-electron chi connectivity index (χ1n) is 6.46. The second-order valence-corrected chi connectivity index (χ2v) is 5.49. The van der Waals surface area contributed by atoms with Crippen LogP contribution in [0.3, 0.4) is 0 Å². The summed E-state index contributed by atoms with van der Waals surface area (Å²) in [4.78, 5) is 11.9. The highest BCUT2D eigenvalue weighted by atomic mass is 32.1. The molecule has 0 aliphatic carbocycles. The number of hydrogen-bond donors (Lipinski definition) is 2. The largest absolute Gasteiger partial charge is 0.496 e. The molecule has 0 unspecified atom stereocenters. The number of methoxy groups -OCH3 is 2. The lowest BCUT2D eigenvalue weighted by atomic mass is 10.2. The number of alkyl halides is 3. The molecule has 2 N–H and O–H groups in total. The number of anilines is 2. The first-order chi connectivity index (χ1) is 11.2. The lowest BCUT2D eigenvalue weighted by molar-refractivity contribution is -0.138. The molecule has 0 bridgehead atoms. The van der Waals surface area contributed by atoms with Crippen molar-refractivity contribution in [3.05, 3.63) is 22.7 Å². The standard InChI is InChI=1S/C13H13F3N4O3S/c1-6-4-7(9(23-3)5-8(6)22-2)17-11(21)18-12-20-19-10(24-12)13(14,15)16/h4-5H,1-3H3,(H2,17,18,20,21). The maximum atomic E-state index is 12.5. The van der Waals surface area contributed by atoms with Crippen LogP contribution in [0.4, 0.5) is 28.8 Å². The van der Waals surface area contributed by atoms with Crippen molar-refractivity contribution < 1.29 is 27.4 Å². The Bertz CT molecular complexity index is 749. The number of halogens is 3. The lowest BCUT2D eigenvalue weighted by Gasteiger charge is -2.13. The SMILES string of the molecule is COc1cc(OC)c(NC(=O)Nc2nnc(C(F)(F)F)s2)cc1C. The topological polar surface area (TPSA) is 85.4 Å². The molecule has 2 amide bonds. The Hall–Kier alpha value is -2.56. The van der Waals surface area contributed by atoms with Crippen molar-refractivity contribution in [3.63, 3.8) is 0 Å². The minimum absolute atomic E-state index is 0.227. The van der Waals surface area contributed by atoms with Crippen LogP contribution in [0.15, 0.2) is 12.1 Å². The third-order valence-electron chi connectivity index (χ3n) is 2.85. The Kier molecular flexibility index (Phi) is 5.12. The fraction of sp³-hybridized carbons (Fsp3) is 0.308. The van der Waals surface area contributed by atoms with Gasteiger partial charge in [0.1, 0.15) is 11.5 Å². The average Bonchev–Trinajstić information content (AvgIpc) is 2.96. The van der Waals surface area contributed by atoms with Gasteiger partial charge in [-0.3, -0.25) is 5.32 Å². The van der Waals surface area contributed by atoms with Crippen molar-refractivity contribution in [2.45, 2.75) is 13.1 Å². The number of nitrogens with zero attached hydrogens (tertiary/aromatic N) is 2. The van der Waals surface area contributed by atoms with Crippen LogP contribution in [0, 0.1) is 6.92 Å². The Morgan fingerprint density at radius 3 is 2.33 bits per heavy atom. The fourth-order valence-corrected chi connectivity index (χ4v) is 2.40. The van der Waals surface area contributed by atoms with Gasteiger partial charge in [-0.2, -0.15) is 13.2 Å². The molecule has 7 nitrogen and oxygen atoms in total.